The molecule has 0 radical (unpaired) electrons. The predicted molar refractivity (Wildman–Crippen MR) is 78.5 cm³/mol. The Morgan fingerprint density at radius 3 is 2.19 bits per heavy atom. The number of alkyl halides is 4. The van der Waals surface area contributed by atoms with Gasteiger partial charge in [0.15, 0.2) is 0 Å². The lowest BCUT2D eigenvalue weighted by atomic mass is 9.83. The first-order chi connectivity index (χ1) is 9.86. The number of carbonyl (C=O) groups is 1. The second kappa shape index (κ2) is 6.38. The summed E-state index contributed by atoms with van der Waals surface area (Å²) in [5.74, 6) is -0.315. The Hall–Kier alpha value is -1.04. The molecule has 1 fully saturated rings. The number of rotatable bonds is 3. The Balaban J connectivity index is 2.09. The van der Waals surface area contributed by atoms with Crippen molar-refractivity contribution in [3.8, 4) is 0 Å². The van der Waals surface area contributed by atoms with Crippen molar-refractivity contribution >= 4 is 21.8 Å². The lowest BCUT2D eigenvalue weighted by molar-refractivity contribution is -0.137. The third-order valence-electron chi connectivity index (χ3n) is 3.92. The molecule has 6 heteroatoms. The van der Waals surface area contributed by atoms with E-state index in [2.05, 4.69) is 21.2 Å². The van der Waals surface area contributed by atoms with E-state index in [9.17, 15) is 18.0 Å². The Kier molecular flexibility index (Phi) is 4.96. The van der Waals surface area contributed by atoms with Crippen molar-refractivity contribution in [3.63, 3.8) is 0 Å². The number of hydrogen-bond acceptors (Lipinski definition) is 1. The lowest BCUT2D eigenvalue weighted by Gasteiger charge is -2.36. The zero-order valence-electron chi connectivity index (χ0n) is 11.5. The Labute approximate surface area is 130 Å². The monoisotopic (exact) mass is 363 g/mol. The molecule has 0 spiro atoms. The number of amides is 1. The molecule has 0 saturated heterocycles. The minimum Gasteiger partial charge on any atom is -0.346 e. The van der Waals surface area contributed by atoms with Crippen LogP contribution in [0, 0.1) is 0 Å². The van der Waals surface area contributed by atoms with Gasteiger partial charge in [0, 0.05) is 10.9 Å². The van der Waals surface area contributed by atoms with E-state index in [1.807, 2.05) is 0 Å². The molecule has 0 atom stereocenters. The van der Waals surface area contributed by atoms with E-state index < -0.39 is 11.7 Å². The first-order valence-corrected chi connectivity index (χ1v) is 8.04. The molecule has 2 nitrogen and oxygen atoms in total. The molecule has 1 aromatic carbocycles. The number of carbonyl (C=O) groups excluding carboxylic acids is 1. The molecule has 1 saturated carbocycles. The van der Waals surface area contributed by atoms with Crippen molar-refractivity contribution in [2.45, 2.75) is 43.8 Å². The molecule has 1 N–H and O–H groups in total. The fourth-order valence-corrected chi connectivity index (χ4v) is 3.35. The molecule has 0 aliphatic heterocycles. The minimum absolute atomic E-state index is 0.258. The van der Waals surface area contributed by atoms with Gasteiger partial charge in [-0.2, -0.15) is 13.2 Å². The van der Waals surface area contributed by atoms with Gasteiger partial charge in [-0.3, -0.25) is 4.79 Å². The smallest absolute Gasteiger partial charge is 0.346 e. The summed E-state index contributed by atoms with van der Waals surface area (Å²) in [5.41, 5.74) is -0.765. The third kappa shape index (κ3) is 3.99. The van der Waals surface area contributed by atoms with Crippen LogP contribution in [0.25, 0.3) is 0 Å². The van der Waals surface area contributed by atoms with E-state index in [1.165, 1.54) is 12.1 Å². The van der Waals surface area contributed by atoms with E-state index in [0.717, 1.165) is 44.2 Å². The van der Waals surface area contributed by atoms with Crippen LogP contribution in [-0.2, 0) is 6.18 Å². The molecule has 0 bridgehead atoms. The van der Waals surface area contributed by atoms with Crippen LogP contribution in [0.15, 0.2) is 24.3 Å². The highest BCUT2D eigenvalue weighted by molar-refractivity contribution is 9.09. The molecule has 1 aliphatic carbocycles. The summed E-state index contributed by atoms with van der Waals surface area (Å²) in [4.78, 5) is 12.2. The average molecular weight is 364 g/mol. The highest BCUT2D eigenvalue weighted by atomic mass is 79.9. The molecule has 0 unspecified atom stereocenters. The Morgan fingerprint density at radius 1 is 1.14 bits per heavy atom. The second-order valence-electron chi connectivity index (χ2n) is 5.50. The normalized spacial score (nSPS) is 18.3. The number of nitrogens with one attached hydrogen (secondary N) is 1. The summed E-state index contributed by atoms with van der Waals surface area (Å²) >= 11 is 3.44. The molecular weight excluding hydrogens is 347 g/mol. The van der Waals surface area contributed by atoms with Gasteiger partial charge in [-0.25, -0.2) is 0 Å². The van der Waals surface area contributed by atoms with Gasteiger partial charge in [-0.1, -0.05) is 35.2 Å². The fraction of sp³-hybridized carbons (Fsp3) is 0.533. The highest BCUT2D eigenvalue weighted by Crippen LogP contribution is 2.31. The molecular formula is C15H17BrF3NO. The van der Waals surface area contributed by atoms with E-state index in [-0.39, 0.29) is 17.0 Å². The molecule has 0 aromatic heterocycles. The van der Waals surface area contributed by atoms with Gasteiger partial charge in [0.05, 0.1) is 11.1 Å². The largest absolute Gasteiger partial charge is 0.416 e. The van der Waals surface area contributed by atoms with Gasteiger partial charge < -0.3 is 5.32 Å². The molecule has 2 rings (SSSR count). The van der Waals surface area contributed by atoms with Crippen molar-refractivity contribution in [1.82, 2.24) is 5.32 Å². The molecule has 1 aromatic rings. The van der Waals surface area contributed by atoms with E-state index in [1.54, 1.807) is 0 Å². The van der Waals surface area contributed by atoms with Crippen LogP contribution in [0.4, 0.5) is 13.2 Å². The molecule has 116 valence electrons. The minimum atomic E-state index is -4.38. The van der Waals surface area contributed by atoms with Gasteiger partial charge in [0.25, 0.3) is 5.91 Å². The third-order valence-corrected chi connectivity index (χ3v) is 4.99. The van der Waals surface area contributed by atoms with Gasteiger partial charge in [-0.15, -0.1) is 0 Å². The number of benzene rings is 1. The molecule has 0 heterocycles. The highest BCUT2D eigenvalue weighted by Gasteiger charge is 2.33. The second-order valence-corrected chi connectivity index (χ2v) is 6.06. The van der Waals surface area contributed by atoms with Crippen molar-refractivity contribution in [2.24, 2.45) is 0 Å². The SMILES string of the molecule is O=C(NC1(CBr)CCCCC1)c1ccc(C(F)(F)F)cc1. The quantitative estimate of drug-likeness (QED) is 0.785. The van der Waals surface area contributed by atoms with Crippen LogP contribution < -0.4 is 5.32 Å². The van der Waals surface area contributed by atoms with E-state index in [0.29, 0.717) is 5.33 Å². The lowest BCUT2D eigenvalue weighted by Crippen LogP contribution is -2.51. The average Bonchev–Trinajstić information content (AvgIpc) is 2.47. The van der Waals surface area contributed by atoms with Crippen LogP contribution in [0.2, 0.25) is 0 Å². The predicted octanol–water partition coefficient (Wildman–Crippen LogP) is 4.53. The van der Waals surface area contributed by atoms with Gasteiger partial charge in [-0.05, 0) is 37.1 Å². The summed E-state index contributed by atoms with van der Waals surface area (Å²) in [6.07, 6.45) is 0.674. The summed E-state index contributed by atoms with van der Waals surface area (Å²) in [6, 6.07) is 4.33. The number of halogens is 4. The standard InChI is InChI=1S/C15H17BrF3NO/c16-10-14(8-2-1-3-9-14)20-13(21)11-4-6-12(7-5-11)15(17,18)19/h4-7H,1-3,8-10H2,(H,20,21). The zero-order valence-corrected chi connectivity index (χ0v) is 13.1. The van der Waals surface area contributed by atoms with Crippen LogP contribution in [0.1, 0.15) is 48.0 Å². The first kappa shape index (κ1) is 16.3. The number of hydrogen-bond donors (Lipinski definition) is 1. The van der Waals surface area contributed by atoms with Crippen molar-refractivity contribution in [2.75, 3.05) is 5.33 Å². The maximum atomic E-state index is 12.5. The first-order valence-electron chi connectivity index (χ1n) is 6.92. The molecule has 1 amide bonds. The maximum absolute atomic E-state index is 12.5. The summed E-state index contributed by atoms with van der Waals surface area (Å²) in [5, 5.41) is 3.65. The zero-order chi connectivity index (χ0) is 15.5. The van der Waals surface area contributed by atoms with E-state index in [4.69, 9.17) is 0 Å². The van der Waals surface area contributed by atoms with Gasteiger partial charge in [0.2, 0.25) is 0 Å². The van der Waals surface area contributed by atoms with Crippen LogP contribution in [0.3, 0.4) is 0 Å². The summed E-state index contributed by atoms with van der Waals surface area (Å²) < 4.78 is 37.5. The maximum Gasteiger partial charge on any atom is 0.416 e. The van der Waals surface area contributed by atoms with Crippen LogP contribution in [0.5, 0.6) is 0 Å². The fourth-order valence-electron chi connectivity index (χ4n) is 2.64. The summed E-state index contributed by atoms with van der Waals surface area (Å²) in [7, 11) is 0. The van der Waals surface area contributed by atoms with Crippen molar-refractivity contribution in [3.05, 3.63) is 35.4 Å². The molecule has 1 aliphatic rings. The topological polar surface area (TPSA) is 29.1 Å². The van der Waals surface area contributed by atoms with Gasteiger partial charge >= 0.3 is 6.18 Å². The Morgan fingerprint density at radius 2 is 1.71 bits per heavy atom. The van der Waals surface area contributed by atoms with Crippen LogP contribution >= 0.6 is 15.9 Å². The van der Waals surface area contributed by atoms with Gasteiger partial charge in [0.1, 0.15) is 0 Å². The van der Waals surface area contributed by atoms with Crippen LogP contribution in [-0.4, -0.2) is 16.8 Å². The van der Waals surface area contributed by atoms with Crippen molar-refractivity contribution in [1.29, 1.82) is 0 Å². The summed E-state index contributed by atoms with van der Waals surface area (Å²) in [6.45, 7) is 0. The molecule has 21 heavy (non-hydrogen) atoms. The Bertz CT molecular complexity index is 493. The van der Waals surface area contributed by atoms with Crippen molar-refractivity contribution < 1.29 is 18.0 Å². The van der Waals surface area contributed by atoms with E-state index >= 15 is 0 Å².